The Labute approximate surface area is 111 Å². The van der Waals surface area contributed by atoms with Gasteiger partial charge in [0.05, 0.1) is 16.6 Å². The second-order valence-electron chi connectivity index (χ2n) is 3.49. The molecular weight excluding hydrogens is 306 g/mol. The van der Waals surface area contributed by atoms with Crippen LogP contribution in [-0.2, 0) is 6.42 Å². The zero-order chi connectivity index (χ0) is 11.5. The minimum Gasteiger partial charge on any atom is -0.319 e. The van der Waals surface area contributed by atoms with Crippen molar-refractivity contribution >= 4 is 38.8 Å². The van der Waals surface area contributed by atoms with E-state index in [0.717, 1.165) is 33.4 Å². The second kappa shape index (κ2) is 5.35. The standard InChI is InChI=1S/C10H12BrN3S2/c1-2-3-8-10(16-14-13-8)9(12)6-4-15-5-7(6)11/h4-5,9H,2-3,12H2,1H3. The summed E-state index contributed by atoms with van der Waals surface area (Å²) in [6.07, 6.45) is 2.01. The van der Waals surface area contributed by atoms with Crippen LogP contribution >= 0.6 is 38.8 Å². The van der Waals surface area contributed by atoms with E-state index in [9.17, 15) is 0 Å². The molecule has 0 aromatic carbocycles. The smallest absolute Gasteiger partial charge is 0.0807 e. The molecule has 0 radical (unpaired) electrons. The molecule has 86 valence electrons. The third kappa shape index (κ3) is 2.34. The first-order valence-electron chi connectivity index (χ1n) is 5.02. The van der Waals surface area contributed by atoms with Gasteiger partial charge in [0.15, 0.2) is 0 Å². The number of nitrogens with two attached hydrogens (primary N) is 1. The van der Waals surface area contributed by atoms with Crippen LogP contribution in [0.3, 0.4) is 0 Å². The van der Waals surface area contributed by atoms with Crippen LogP contribution in [-0.4, -0.2) is 9.59 Å². The van der Waals surface area contributed by atoms with Crippen molar-refractivity contribution in [3.8, 4) is 0 Å². The molecular formula is C10H12BrN3S2. The van der Waals surface area contributed by atoms with Crippen molar-refractivity contribution in [1.82, 2.24) is 9.59 Å². The Bertz CT molecular complexity index is 466. The van der Waals surface area contributed by atoms with Gasteiger partial charge >= 0.3 is 0 Å². The number of thiophene rings is 1. The van der Waals surface area contributed by atoms with Crippen molar-refractivity contribution in [3.05, 3.63) is 31.4 Å². The Morgan fingerprint density at radius 1 is 1.50 bits per heavy atom. The topological polar surface area (TPSA) is 51.8 Å². The lowest BCUT2D eigenvalue weighted by Crippen LogP contribution is -2.12. The van der Waals surface area contributed by atoms with Crippen LogP contribution in [0.2, 0.25) is 0 Å². The van der Waals surface area contributed by atoms with Crippen LogP contribution in [0, 0.1) is 0 Å². The minimum absolute atomic E-state index is 0.109. The molecule has 0 aliphatic carbocycles. The Balaban J connectivity index is 2.30. The fourth-order valence-electron chi connectivity index (χ4n) is 1.52. The monoisotopic (exact) mass is 317 g/mol. The van der Waals surface area contributed by atoms with Crippen molar-refractivity contribution in [2.24, 2.45) is 5.73 Å². The summed E-state index contributed by atoms with van der Waals surface area (Å²) in [6, 6.07) is -0.109. The maximum Gasteiger partial charge on any atom is 0.0807 e. The van der Waals surface area contributed by atoms with E-state index in [0.29, 0.717) is 0 Å². The molecule has 1 atom stereocenters. The molecule has 0 aliphatic heterocycles. The average molecular weight is 318 g/mol. The first-order valence-corrected chi connectivity index (χ1v) is 7.53. The van der Waals surface area contributed by atoms with Crippen molar-refractivity contribution in [3.63, 3.8) is 0 Å². The SMILES string of the molecule is CCCc1nnsc1C(N)c1cscc1Br. The molecule has 3 nitrogen and oxygen atoms in total. The van der Waals surface area contributed by atoms with Crippen molar-refractivity contribution in [2.45, 2.75) is 25.8 Å². The van der Waals surface area contributed by atoms with Gasteiger partial charge in [0.25, 0.3) is 0 Å². The molecule has 2 N–H and O–H groups in total. The summed E-state index contributed by atoms with van der Waals surface area (Å²) in [4.78, 5) is 1.08. The molecule has 2 rings (SSSR count). The first kappa shape index (κ1) is 12.2. The highest BCUT2D eigenvalue weighted by molar-refractivity contribution is 9.10. The van der Waals surface area contributed by atoms with Crippen molar-refractivity contribution < 1.29 is 0 Å². The number of aromatic nitrogens is 2. The Morgan fingerprint density at radius 2 is 2.31 bits per heavy atom. The van der Waals surface area contributed by atoms with Gasteiger partial charge < -0.3 is 5.73 Å². The molecule has 0 aliphatic rings. The van der Waals surface area contributed by atoms with Crippen LogP contribution in [0.15, 0.2) is 15.2 Å². The molecule has 0 saturated heterocycles. The van der Waals surface area contributed by atoms with Gasteiger partial charge in [-0.25, -0.2) is 0 Å². The van der Waals surface area contributed by atoms with E-state index in [4.69, 9.17) is 5.73 Å². The van der Waals surface area contributed by atoms with E-state index in [1.165, 1.54) is 11.5 Å². The molecule has 2 aromatic heterocycles. The van der Waals surface area contributed by atoms with Crippen LogP contribution in [0.25, 0.3) is 0 Å². The van der Waals surface area contributed by atoms with Crippen molar-refractivity contribution in [2.75, 3.05) is 0 Å². The van der Waals surface area contributed by atoms with Crippen LogP contribution in [0.5, 0.6) is 0 Å². The van der Waals surface area contributed by atoms with Gasteiger partial charge in [-0.2, -0.15) is 11.3 Å². The van der Waals surface area contributed by atoms with Crippen LogP contribution in [0.1, 0.15) is 35.5 Å². The van der Waals surface area contributed by atoms with Gasteiger partial charge in [0.2, 0.25) is 0 Å². The van der Waals surface area contributed by atoms with Gasteiger partial charge in [0, 0.05) is 9.85 Å². The fourth-order valence-corrected chi connectivity index (χ4v) is 3.81. The fraction of sp³-hybridized carbons (Fsp3) is 0.400. The number of nitrogens with zero attached hydrogens (tertiary/aromatic N) is 2. The Morgan fingerprint density at radius 3 is 2.94 bits per heavy atom. The summed E-state index contributed by atoms with van der Waals surface area (Å²) in [6.45, 7) is 2.13. The quantitative estimate of drug-likeness (QED) is 0.940. The van der Waals surface area contributed by atoms with Crippen LogP contribution in [0.4, 0.5) is 0 Å². The number of aryl methyl sites for hydroxylation is 1. The third-order valence-electron chi connectivity index (χ3n) is 2.33. The lowest BCUT2D eigenvalue weighted by atomic mass is 10.1. The number of hydrogen-bond donors (Lipinski definition) is 1. The lowest BCUT2D eigenvalue weighted by Gasteiger charge is -2.09. The zero-order valence-corrected chi connectivity index (χ0v) is 12.0. The largest absolute Gasteiger partial charge is 0.319 e. The minimum atomic E-state index is -0.109. The highest BCUT2D eigenvalue weighted by atomic mass is 79.9. The predicted molar refractivity (Wildman–Crippen MR) is 72.0 cm³/mol. The van der Waals surface area contributed by atoms with E-state index < -0.39 is 0 Å². The van der Waals surface area contributed by atoms with E-state index in [1.54, 1.807) is 11.3 Å². The molecule has 0 amide bonds. The maximum absolute atomic E-state index is 6.24. The molecule has 0 saturated carbocycles. The normalized spacial score (nSPS) is 12.9. The molecule has 6 heteroatoms. The average Bonchev–Trinajstić information content (AvgIpc) is 2.87. The molecule has 0 spiro atoms. The third-order valence-corrected chi connectivity index (χ3v) is 4.93. The second-order valence-corrected chi connectivity index (χ2v) is 5.87. The van der Waals surface area contributed by atoms with E-state index in [-0.39, 0.29) is 6.04 Å². The highest BCUT2D eigenvalue weighted by Crippen LogP contribution is 2.32. The summed E-state index contributed by atoms with van der Waals surface area (Å²) < 4.78 is 5.07. The van der Waals surface area contributed by atoms with Gasteiger partial charge in [-0.15, -0.1) is 5.10 Å². The number of halogens is 1. The number of rotatable bonds is 4. The first-order chi connectivity index (χ1) is 7.74. The van der Waals surface area contributed by atoms with Gasteiger partial charge in [-0.1, -0.05) is 17.8 Å². The predicted octanol–water partition coefficient (Wildman–Crippen LogP) is 3.36. The summed E-state index contributed by atoms with van der Waals surface area (Å²) >= 11 is 6.56. The Kier molecular flexibility index (Phi) is 4.07. The molecule has 0 bridgehead atoms. The Hall–Kier alpha value is -0.300. The lowest BCUT2D eigenvalue weighted by molar-refractivity contribution is 0.814. The number of hydrogen-bond acceptors (Lipinski definition) is 5. The van der Waals surface area contributed by atoms with Gasteiger partial charge in [-0.3, -0.25) is 0 Å². The molecule has 0 fully saturated rings. The summed E-state index contributed by atoms with van der Waals surface area (Å²) in [5.41, 5.74) is 8.40. The zero-order valence-electron chi connectivity index (χ0n) is 8.81. The maximum atomic E-state index is 6.24. The summed E-state index contributed by atoms with van der Waals surface area (Å²) in [5.74, 6) is 0. The highest BCUT2D eigenvalue weighted by Gasteiger charge is 2.19. The molecule has 2 aromatic rings. The van der Waals surface area contributed by atoms with E-state index in [2.05, 4.69) is 37.8 Å². The summed E-state index contributed by atoms with van der Waals surface area (Å²) in [5, 5.41) is 8.26. The van der Waals surface area contributed by atoms with Gasteiger partial charge in [-0.05, 0) is 44.8 Å². The summed E-state index contributed by atoms with van der Waals surface area (Å²) in [7, 11) is 0. The van der Waals surface area contributed by atoms with Crippen LogP contribution < -0.4 is 5.73 Å². The molecule has 16 heavy (non-hydrogen) atoms. The van der Waals surface area contributed by atoms with Gasteiger partial charge in [0.1, 0.15) is 0 Å². The van der Waals surface area contributed by atoms with Crippen molar-refractivity contribution in [1.29, 1.82) is 0 Å². The molecule has 2 heterocycles. The molecule has 1 unspecified atom stereocenters. The van der Waals surface area contributed by atoms with E-state index in [1.807, 2.05) is 5.38 Å². The van der Waals surface area contributed by atoms with E-state index >= 15 is 0 Å².